The molecule has 0 N–H and O–H groups in total. The molecule has 0 rings (SSSR count). The fraction of sp³-hybridized carbons (Fsp3) is 1.00. The molecule has 0 bridgehead atoms. The molecule has 0 aromatic heterocycles. The van der Waals surface area contributed by atoms with Crippen LogP contribution >= 0.6 is 7.26 Å². The zero-order chi connectivity index (χ0) is 8.91. The van der Waals surface area contributed by atoms with Crippen LogP contribution in [0.1, 0.15) is 39.5 Å². The Balaban J connectivity index is 3.88. The molecular formula is C10H25P. The van der Waals surface area contributed by atoms with Crippen LogP contribution in [0, 0.1) is 0 Å². The van der Waals surface area contributed by atoms with Crippen molar-refractivity contribution in [3.63, 3.8) is 0 Å². The minimum atomic E-state index is -0.829. The summed E-state index contributed by atoms with van der Waals surface area (Å²) in [5.74, 6) is 0. The summed E-state index contributed by atoms with van der Waals surface area (Å²) >= 11 is 0. The summed E-state index contributed by atoms with van der Waals surface area (Å²) in [4.78, 5) is 0. The molecule has 0 aromatic rings. The molecule has 0 heterocycles. The van der Waals surface area contributed by atoms with Gasteiger partial charge >= 0.3 is 72.4 Å². The van der Waals surface area contributed by atoms with Crippen LogP contribution in [-0.2, 0) is 0 Å². The van der Waals surface area contributed by atoms with Crippen molar-refractivity contribution in [3.8, 4) is 0 Å². The third kappa shape index (κ3) is 4.80. The molecule has 0 aliphatic carbocycles. The molecule has 0 spiro atoms. The van der Waals surface area contributed by atoms with Crippen LogP contribution in [-0.4, -0.2) is 25.7 Å². The first kappa shape index (κ1) is 11.4. The van der Waals surface area contributed by atoms with Crippen LogP contribution in [0.3, 0.4) is 0 Å². The van der Waals surface area contributed by atoms with Crippen molar-refractivity contribution in [2.45, 2.75) is 45.2 Å². The van der Waals surface area contributed by atoms with Gasteiger partial charge in [-0.05, 0) is 0 Å². The van der Waals surface area contributed by atoms with Gasteiger partial charge in [-0.15, -0.1) is 0 Å². The maximum absolute atomic E-state index is 2.50. The Morgan fingerprint density at radius 1 is 0.909 bits per heavy atom. The predicted molar refractivity (Wildman–Crippen MR) is 59.7 cm³/mol. The normalized spacial score (nSPS) is 14.0. The summed E-state index contributed by atoms with van der Waals surface area (Å²) in [5.41, 5.74) is 1.07. The van der Waals surface area contributed by atoms with Crippen LogP contribution in [0.5, 0.6) is 0 Å². The average molecular weight is 176 g/mol. The summed E-state index contributed by atoms with van der Waals surface area (Å²) in [6, 6.07) is 0. The first-order chi connectivity index (χ1) is 5.02. The van der Waals surface area contributed by atoms with Crippen LogP contribution in [0.2, 0.25) is 0 Å². The van der Waals surface area contributed by atoms with E-state index >= 15 is 0 Å². The second kappa shape index (κ2) is 5.14. The molecule has 0 aromatic carbocycles. The molecule has 70 valence electrons. The molecule has 0 aliphatic heterocycles. The summed E-state index contributed by atoms with van der Waals surface area (Å²) in [5, 5.41) is 0. The Morgan fingerprint density at radius 2 is 1.27 bits per heavy atom. The van der Waals surface area contributed by atoms with Crippen LogP contribution in [0.4, 0.5) is 0 Å². The molecule has 0 amide bonds. The SMILES string of the molecule is CCCC(CCC)[PH](C)(C)C. The van der Waals surface area contributed by atoms with E-state index in [0.29, 0.717) is 0 Å². The Hall–Kier alpha value is 0.430. The topological polar surface area (TPSA) is 0 Å². The van der Waals surface area contributed by atoms with Crippen molar-refractivity contribution >= 4 is 7.26 Å². The summed E-state index contributed by atoms with van der Waals surface area (Å²) in [7, 11) is -0.829. The Labute approximate surface area is 73.1 Å². The Bertz CT molecular complexity index is 85.5. The van der Waals surface area contributed by atoms with Crippen molar-refractivity contribution in [2.75, 3.05) is 20.0 Å². The molecule has 0 fully saturated rings. The van der Waals surface area contributed by atoms with Gasteiger partial charge in [-0.3, -0.25) is 0 Å². The zero-order valence-corrected chi connectivity index (χ0v) is 9.91. The van der Waals surface area contributed by atoms with Crippen LogP contribution < -0.4 is 0 Å². The fourth-order valence-corrected chi connectivity index (χ4v) is 4.02. The van der Waals surface area contributed by atoms with E-state index < -0.39 is 7.26 Å². The molecule has 0 aliphatic rings. The maximum atomic E-state index is 2.50. The molecule has 11 heavy (non-hydrogen) atoms. The van der Waals surface area contributed by atoms with Crippen LogP contribution in [0.25, 0.3) is 0 Å². The van der Waals surface area contributed by atoms with Gasteiger partial charge in [0.05, 0.1) is 0 Å². The summed E-state index contributed by atoms with van der Waals surface area (Å²) in [6.45, 7) is 12.1. The van der Waals surface area contributed by atoms with Gasteiger partial charge in [-0.2, -0.15) is 0 Å². The van der Waals surface area contributed by atoms with Gasteiger partial charge in [-0.25, -0.2) is 0 Å². The minimum absolute atomic E-state index is 0.829. The average Bonchev–Trinajstić information content (AvgIpc) is 1.85. The van der Waals surface area contributed by atoms with E-state index in [2.05, 4.69) is 33.8 Å². The van der Waals surface area contributed by atoms with E-state index in [0.717, 1.165) is 5.66 Å². The molecular weight excluding hydrogens is 151 g/mol. The quantitative estimate of drug-likeness (QED) is 0.561. The van der Waals surface area contributed by atoms with Gasteiger partial charge in [0.1, 0.15) is 0 Å². The third-order valence-electron chi connectivity index (χ3n) is 2.50. The van der Waals surface area contributed by atoms with E-state index in [4.69, 9.17) is 0 Å². The van der Waals surface area contributed by atoms with E-state index in [9.17, 15) is 0 Å². The third-order valence-corrected chi connectivity index (χ3v) is 5.53. The van der Waals surface area contributed by atoms with Gasteiger partial charge in [-0.1, -0.05) is 0 Å². The van der Waals surface area contributed by atoms with Crippen molar-refractivity contribution in [1.82, 2.24) is 0 Å². The van der Waals surface area contributed by atoms with Gasteiger partial charge in [0, 0.05) is 0 Å². The van der Waals surface area contributed by atoms with Gasteiger partial charge in [0.25, 0.3) is 0 Å². The van der Waals surface area contributed by atoms with Gasteiger partial charge < -0.3 is 0 Å². The van der Waals surface area contributed by atoms with E-state index in [1.165, 1.54) is 25.7 Å². The van der Waals surface area contributed by atoms with Crippen molar-refractivity contribution in [1.29, 1.82) is 0 Å². The molecule has 0 nitrogen and oxygen atoms in total. The molecule has 0 saturated carbocycles. The zero-order valence-electron chi connectivity index (χ0n) is 8.91. The van der Waals surface area contributed by atoms with E-state index in [1.54, 1.807) is 0 Å². The number of hydrogen-bond acceptors (Lipinski definition) is 0. The first-order valence-corrected chi connectivity index (χ1v) is 8.60. The second-order valence-electron chi connectivity index (χ2n) is 4.64. The molecule has 1 heteroatoms. The molecule has 0 saturated heterocycles. The van der Waals surface area contributed by atoms with Crippen LogP contribution in [0.15, 0.2) is 0 Å². The van der Waals surface area contributed by atoms with E-state index in [-0.39, 0.29) is 0 Å². The Kier molecular flexibility index (Phi) is 5.34. The number of rotatable bonds is 5. The van der Waals surface area contributed by atoms with Crippen molar-refractivity contribution < 1.29 is 0 Å². The van der Waals surface area contributed by atoms with E-state index in [1.807, 2.05) is 0 Å². The van der Waals surface area contributed by atoms with Crippen molar-refractivity contribution in [3.05, 3.63) is 0 Å². The molecule has 0 radical (unpaired) electrons. The molecule has 0 atom stereocenters. The monoisotopic (exact) mass is 176 g/mol. The van der Waals surface area contributed by atoms with Gasteiger partial charge in [0.2, 0.25) is 0 Å². The standard InChI is InChI=1S/C10H25P/c1-6-8-10(9-7-2)11(3,4)5/h10-11H,6-9H2,1-5H3. The Morgan fingerprint density at radius 3 is 1.45 bits per heavy atom. The summed E-state index contributed by atoms with van der Waals surface area (Å²) in [6.07, 6.45) is 5.66. The van der Waals surface area contributed by atoms with Gasteiger partial charge in [0.15, 0.2) is 0 Å². The van der Waals surface area contributed by atoms with Crippen molar-refractivity contribution in [2.24, 2.45) is 0 Å². The second-order valence-corrected chi connectivity index (χ2v) is 10.2. The first-order valence-electron chi connectivity index (χ1n) is 5.02. The predicted octanol–water partition coefficient (Wildman–Crippen LogP) is 3.59. The molecule has 0 unspecified atom stereocenters. The summed E-state index contributed by atoms with van der Waals surface area (Å²) < 4.78 is 0. The number of hydrogen-bond donors (Lipinski definition) is 0. The fourth-order valence-electron chi connectivity index (χ4n) is 1.71.